The predicted molar refractivity (Wildman–Crippen MR) is 85.9 cm³/mol. The lowest BCUT2D eigenvalue weighted by molar-refractivity contribution is 0.0951. The normalized spacial score (nSPS) is 24.3. The molecule has 0 heterocycles. The van der Waals surface area contributed by atoms with Crippen molar-refractivity contribution in [2.45, 2.75) is 12.8 Å². The molecule has 2 aliphatic rings. The monoisotopic (exact) mass is 292 g/mol. The van der Waals surface area contributed by atoms with Crippen molar-refractivity contribution in [2.75, 3.05) is 0 Å². The van der Waals surface area contributed by atoms with Crippen molar-refractivity contribution in [1.82, 2.24) is 5.43 Å². The Bertz CT molecular complexity index is 823. The Morgan fingerprint density at radius 1 is 1.23 bits per heavy atom. The number of carbonyl (C=O) groups excluding carboxylic acids is 1. The summed E-state index contributed by atoms with van der Waals surface area (Å²) in [5, 5.41) is 16.1. The van der Waals surface area contributed by atoms with Crippen molar-refractivity contribution >= 4 is 22.4 Å². The van der Waals surface area contributed by atoms with Gasteiger partial charge in [0.2, 0.25) is 0 Å². The molecule has 2 aromatic carbocycles. The number of hydrogen-bond acceptors (Lipinski definition) is 3. The van der Waals surface area contributed by atoms with E-state index in [1.54, 1.807) is 12.1 Å². The number of allylic oxidation sites excluding steroid dienone is 2. The molecule has 0 bridgehead atoms. The maximum atomic E-state index is 12.3. The Kier molecular flexibility index (Phi) is 2.96. The fraction of sp³-hybridized carbons (Fsp3) is 0.222. The van der Waals surface area contributed by atoms with Gasteiger partial charge in [0.15, 0.2) is 0 Å². The van der Waals surface area contributed by atoms with Crippen molar-refractivity contribution in [1.29, 1.82) is 0 Å². The lowest BCUT2D eigenvalue weighted by Gasteiger charge is -2.31. The van der Waals surface area contributed by atoms with Gasteiger partial charge in [0.25, 0.3) is 5.91 Å². The molecule has 2 unspecified atom stereocenters. The summed E-state index contributed by atoms with van der Waals surface area (Å²) in [6.45, 7) is 0. The molecule has 2 N–H and O–H groups in total. The van der Waals surface area contributed by atoms with Gasteiger partial charge >= 0.3 is 0 Å². The molecular weight excluding hydrogens is 276 g/mol. The highest BCUT2D eigenvalue weighted by atomic mass is 16.3. The van der Waals surface area contributed by atoms with E-state index in [4.69, 9.17) is 0 Å². The van der Waals surface area contributed by atoms with E-state index in [0.717, 1.165) is 29.3 Å². The molecule has 4 rings (SSSR count). The third-order valence-corrected chi connectivity index (χ3v) is 4.57. The SMILES string of the molecule is O=C(NN=C1CC2C=CCC12)c1cc2ccccc2cc1O. The standard InChI is InChI=1S/C18H16N2O2/c21-17-10-12-5-2-1-4-11(12)8-15(17)18(22)20-19-16-9-13-6-3-7-14(13)16/h1-6,8,10,13-14,21H,7,9H2,(H,20,22). The largest absolute Gasteiger partial charge is 0.507 e. The molecule has 2 aromatic rings. The molecule has 2 atom stereocenters. The Morgan fingerprint density at radius 2 is 2.00 bits per heavy atom. The second-order valence-corrected chi connectivity index (χ2v) is 5.90. The summed E-state index contributed by atoms with van der Waals surface area (Å²) in [5.74, 6) is 0.672. The van der Waals surface area contributed by atoms with E-state index in [0.29, 0.717) is 11.8 Å². The Hall–Kier alpha value is -2.62. The average molecular weight is 292 g/mol. The zero-order valence-electron chi connectivity index (χ0n) is 12.0. The Labute approximate surface area is 128 Å². The zero-order valence-corrected chi connectivity index (χ0v) is 12.0. The van der Waals surface area contributed by atoms with Gasteiger partial charge in [-0.2, -0.15) is 5.10 Å². The van der Waals surface area contributed by atoms with Crippen LogP contribution in [0, 0.1) is 11.8 Å². The molecule has 0 radical (unpaired) electrons. The van der Waals surface area contributed by atoms with Crippen LogP contribution in [-0.2, 0) is 0 Å². The van der Waals surface area contributed by atoms with Crippen LogP contribution in [-0.4, -0.2) is 16.7 Å². The highest BCUT2D eigenvalue weighted by Crippen LogP contribution is 2.40. The van der Waals surface area contributed by atoms with Gasteiger partial charge in [-0.05, 0) is 41.7 Å². The van der Waals surface area contributed by atoms with Crippen molar-refractivity contribution in [3.05, 3.63) is 54.1 Å². The molecule has 0 aliphatic heterocycles. The molecule has 1 fully saturated rings. The molecule has 1 saturated carbocycles. The molecule has 4 heteroatoms. The summed E-state index contributed by atoms with van der Waals surface area (Å²) < 4.78 is 0. The smallest absolute Gasteiger partial charge is 0.275 e. The van der Waals surface area contributed by atoms with E-state index in [1.165, 1.54) is 0 Å². The van der Waals surface area contributed by atoms with Crippen molar-refractivity contribution in [3.63, 3.8) is 0 Å². The second-order valence-electron chi connectivity index (χ2n) is 5.90. The van der Waals surface area contributed by atoms with Crippen molar-refractivity contribution < 1.29 is 9.90 Å². The van der Waals surface area contributed by atoms with Crippen LogP contribution < -0.4 is 5.43 Å². The molecule has 0 saturated heterocycles. The van der Waals surface area contributed by atoms with E-state index in [1.807, 2.05) is 24.3 Å². The van der Waals surface area contributed by atoms with Crippen LogP contribution in [0.15, 0.2) is 53.7 Å². The minimum absolute atomic E-state index is 0.0228. The van der Waals surface area contributed by atoms with Crippen LogP contribution in [0.3, 0.4) is 0 Å². The maximum Gasteiger partial charge on any atom is 0.275 e. The van der Waals surface area contributed by atoms with E-state index >= 15 is 0 Å². The first-order valence-corrected chi connectivity index (χ1v) is 7.47. The summed E-state index contributed by atoms with van der Waals surface area (Å²) in [6.07, 6.45) is 6.33. The molecule has 110 valence electrons. The number of hydrogen-bond donors (Lipinski definition) is 2. The van der Waals surface area contributed by atoms with Crippen molar-refractivity contribution in [2.24, 2.45) is 16.9 Å². The number of fused-ring (bicyclic) bond motifs is 2. The summed E-state index contributed by atoms with van der Waals surface area (Å²) >= 11 is 0. The number of nitrogens with one attached hydrogen (secondary N) is 1. The van der Waals surface area contributed by atoms with Crippen LogP contribution in [0.5, 0.6) is 5.75 Å². The highest BCUT2D eigenvalue weighted by molar-refractivity contribution is 6.02. The minimum atomic E-state index is -0.370. The van der Waals surface area contributed by atoms with Crippen LogP contribution in [0.1, 0.15) is 23.2 Å². The molecule has 22 heavy (non-hydrogen) atoms. The Balaban J connectivity index is 1.55. The predicted octanol–water partition coefficient (Wildman–Crippen LogP) is 3.23. The van der Waals surface area contributed by atoms with Gasteiger partial charge < -0.3 is 5.11 Å². The number of aromatic hydroxyl groups is 1. The zero-order chi connectivity index (χ0) is 15.1. The van der Waals surface area contributed by atoms with Gasteiger partial charge in [0.05, 0.1) is 5.56 Å². The minimum Gasteiger partial charge on any atom is -0.507 e. The first-order chi connectivity index (χ1) is 10.7. The number of phenols is 1. The average Bonchev–Trinajstić information content (AvgIpc) is 2.88. The number of amides is 1. The highest BCUT2D eigenvalue weighted by Gasteiger charge is 2.38. The van der Waals surface area contributed by atoms with Gasteiger partial charge in [-0.25, -0.2) is 5.43 Å². The van der Waals surface area contributed by atoms with Crippen molar-refractivity contribution in [3.8, 4) is 5.75 Å². The first kappa shape index (κ1) is 13.1. The van der Waals surface area contributed by atoms with Crippen LogP contribution in [0.4, 0.5) is 0 Å². The third kappa shape index (κ3) is 2.08. The van der Waals surface area contributed by atoms with Gasteiger partial charge in [-0.15, -0.1) is 0 Å². The Morgan fingerprint density at radius 3 is 2.77 bits per heavy atom. The van der Waals surface area contributed by atoms with E-state index in [9.17, 15) is 9.90 Å². The molecule has 0 aromatic heterocycles. The van der Waals surface area contributed by atoms with Gasteiger partial charge in [0.1, 0.15) is 5.75 Å². The van der Waals surface area contributed by atoms with Gasteiger partial charge in [-0.1, -0.05) is 36.4 Å². The van der Waals surface area contributed by atoms with Gasteiger partial charge in [0, 0.05) is 11.6 Å². The topological polar surface area (TPSA) is 61.7 Å². The van der Waals surface area contributed by atoms with E-state index < -0.39 is 0 Å². The molecule has 1 amide bonds. The number of benzene rings is 2. The first-order valence-electron chi connectivity index (χ1n) is 7.47. The third-order valence-electron chi connectivity index (χ3n) is 4.57. The molecule has 2 aliphatic carbocycles. The lowest BCUT2D eigenvalue weighted by Crippen LogP contribution is -2.35. The maximum absolute atomic E-state index is 12.3. The van der Waals surface area contributed by atoms with E-state index in [-0.39, 0.29) is 17.2 Å². The van der Waals surface area contributed by atoms with Crippen LogP contribution in [0.2, 0.25) is 0 Å². The molecule has 4 nitrogen and oxygen atoms in total. The van der Waals surface area contributed by atoms with Crippen LogP contribution >= 0.6 is 0 Å². The molecular formula is C18H16N2O2. The summed E-state index contributed by atoms with van der Waals surface area (Å²) in [4.78, 5) is 12.3. The number of carbonyl (C=O) groups is 1. The fourth-order valence-corrected chi connectivity index (χ4v) is 3.26. The summed E-state index contributed by atoms with van der Waals surface area (Å²) in [7, 11) is 0. The number of nitrogens with zero attached hydrogens (tertiary/aromatic N) is 1. The lowest BCUT2D eigenvalue weighted by atomic mass is 9.74. The van der Waals surface area contributed by atoms with Gasteiger partial charge in [-0.3, -0.25) is 4.79 Å². The fourth-order valence-electron chi connectivity index (χ4n) is 3.26. The number of rotatable bonds is 2. The molecule has 0 spiro atoms. The summed E-state index contributed by atoms with van der Waals surface area (Å²) in [5.41, 5.74) is 3.88. The summed E-state index contributed by atoms with van der Waals surface area (Å²) in [6, 6.07) is 10.9. The quantitative estimate of drug-likeness (QED) is 0.659. The number of phenolic OH excluding ortho intramolecular Hbond substituents is 1. The second kappa shape index (κ2) is 4.98. The number of hydrazone groups is 1. The van der Waals surface area contributed by atoms with Crippen LogP contribution in [0.25, 0.3) is 10.8 Å². The van der Waals surface area contributed by atoms with E-state index in [2.05, 4.69) is 22.7 Å².